The Bertz CT molecular complexity index is 4900. The number of para-hydroxylation sites is 6. The molecule has 0 saturated heterocycles. The molecule has 13 aromatic carbocycles. The smallest absolute Gasteiger partial charge is 0.252 e. The van der Waals surface area contributed by atoms with Crippen LogP contribution in [-0.4, -0.2) is 6.71 Å². The van der Waals surface area contributed by atoms with E-state index in [1.54, 1.807) is 0 Å². The Hall–Kier alpha value is -10.9. The molecule has 2 aliphatic heterocycles. The third-order valence-corrected chi connectivity index (χ3v) is 18.1. The van der Waals surface area contributed by atoms with E-state index in [2.05, 4.69) is 273 Å². The van der Waals surface area contributed by atoms with Crippen LogP contribution in [0.4, 0.5) is 34.1 Å². The lowest BCUT2D eigenvalue weighted by atomic mass is 9.33. The summed E-state index contributed by atoms with van der Waals surface area (Å²) >= 11 is 0. The Labute approximate surface area is 509 Å². The normalized spacial score (nSPS) is 13.0. The Morgan fingerprint density at radius 3 is 1.06 bits per heavy atom. The Morgan fingerprint density at radius 2 is 0.678 bits per heavy atom. The fraction of sp³-hybridized carbons (Fsp3) is 0.0488. The number of anilines is 6. The van der Waals surface area contributed by atoms with Gasteiger partial charge in [0.25, 0.3) is 6.71 Å². The molecule has 0 radical (unpaired) electrons. The van der Waals surface area contributed by atoms with Crippen LogP contribution in [0, 0.1) is 0 Å². The van der Waals surface area contributed by atoms with Crippen molar-refractivity contribution in [1.29, 1.82) is 0 Å². The van der Waals surface area contributed by atoms with Crippen molar-refractivity contribution >= 4 is 101 Å². The van der Waals surface area contributed by atoms with Gasteiger partial charge in [-0.1, -0.05) is 276 Å². The van der Waals surface area contributed by atoms with E-state index in [4.69, 9.17) is 8.83 Å². The highest BCUT2D eigenvalue weighted by Crippen LogP contribution is 2.54. The molecule has 15 aromatic rings. The molecule has 17 rings (SSSR count). The van der Waals surface area contributed by atoms with Gasteiger partial charge in [0.1, 0.15) is 22.3 Å². The van der Waals surface area contributed by atoms with Crippen LogP contribution in [0.2, 0.25) is 0 Å². The zero-order chi connectivity index (χ0) is 59.6. The Kier molecular flexibility index (Phi) is 11.1. The van der Waals surface area contributed by atoms with Crippen LogP contribution >= 0.6 is 0 Å². The van der Waals surface area contributed by atoms with Crippen LogP contribution in [0.5, 0.6) is 0 Å². The first kappa shape index (κ1) is 48.5. The summed E-state index contributed by atoms with van der Waals surface area (Å²) in [5, 5.41) is 4.30. The van der Waals surface area contributed by atoms with E-state index >= 15 is 0 Å². The van der Waals surface area contributed by atoms with E-state index in [-0.39, 0.29) is 12.1 Å². The summed E-state index contributed by atoms with van der Waals surface area (Å²) in [7, 11) is 0. The Balaban J connectivity index is 1.05. The fourth-order valence-electron chi connectivity index (χ4n) is 14.0. The highest BCUT2D eigenvalue weighted by molar-refractivity contribution is 7.00. The largest absolute Gasteiger partial charge is 0.455 e. The van der Waals surface area contributed by atoms with Crippen molar-refractivity contribution in [1.82, 2.24) is 0 Å². The van der Waals surface area contributed by atoms with Crippen molar-refractivity contribution in [3.63, 3.8) is 0 Å². The molecular formula is C82H57BN2O2. The van der Waals surface area contributed by atoms with Gasteiger partial charge in [0.15, 0.2) is 0 Å². The second-order valence-electron chi connectivity index (χ2n) is 24.1. The van der Waals surface area contributed by atoms with E-state index in [0.29, 0.717) is 12.1 Å². The lowest BCUT2D eigenvalue weighted by Crippen LogP contribution is -2.61. The first-order valence-electron chi connectivity index (χ1n) is 31.0. The minimum absolute atomic E-state index is 0.339. The first-order valence-corrected chi connectivity index (χ1v) is 30.0. The van der Waals surface area contributed by atoms with Crippen molar-refractivity contribution in [2.75, 3.05) is 9.80 Å². The molecule has 4 heterocycles. The van der Waals surface area contributed by atoms with Crippen LogP contribution in [-0.2, 0) is 5.41 Å². The first-order chi connectivity index (χ1) is 43.6. The Morgan fingerprint density at radius 1 is 0.322 bits per heavy atom. The zero-order valence-corrected chi connectivity index (χ0v) is 48.3. The van der Waals surface area contributed by atoms with Crippen LogP contribution in [0.15, 0.2) is 300 Å². The second-order valence-corrected chi connectivity index (χ2v) is 24.1. The van der Waals surface area contributed by atoms with Crippen molar-refractivity contribution in [3.05, 3.63) is 297 Å². The van der Waals surface area contributed by atoms with Crippen molar-refractivity contribution in [2.45, 2.75) is 26.2 Å². The lowest BCUT2D eigenvalue weighted by Gasteiger charge is -2.46. The molecule has 2 aromatic heterocycles. The maximum absolute atomic E-state index is 9.65. The average Bonchev–Trinajstić information content (AvgIpc) is 0.956. The monoisotopic (exact) mass is 1110 g/mol. The molecule has 0 atom stereocenters. The highest BCUT2D eigenvalue weighted by Gasteiger charge is 2.46. The highest BCUT2D eigenvalue weighted by atomic mass is 16.3. The van der Waals surface area contributed by atoms with Gasteiger partial charge in [-0.3, -0.25) is 0 Å². The number of fused-ring (bicyclic) bond motifs is 10. The van der Waals surface area contributed by atoms with Gasteiger partial charge in [-0.25, -0.2) is 0 Å². The van der Waals surface area contributed by atoms with Gasteiger partial charge < -0.3 is 18.6 Å². The maximum atomic E-state index is 9.65. The summed E-state index contributed by atoms with van der Waals surface area (Å²) in [6.45, 7) is 6.60. The molecule has 0 N–H and O–H groups in total. The molecule has 87 heavy (non-hydrogen) atoms. The molecule has 0 unspecified atom stereocenters. The topological polar surface area (TPSA) is 32.8 Å². The van der Waals surface area contributed by atoms with Crippen molar-refractivity contribution in [2.24, 2.45) is 0 Å². The van der Waals surface area contributed by atoms with Gasteiger partial charge in [0.05, 0.1) is 14.1 Å². The van der Waals surface area contributed by atoms with Gasteiger partial charge in [-0.2, -0.15) is 0 Å². The van der Waals surface area contributed by atoms with E-state index in [1.165, 1.54) is 0 Å². The summed E-state index contributed by atoms with van der Waals surface area (Å²) < 4.78 is 33.1. The molecule has 0 bridgehead atoms. The molecule has 0 saturated carbocycles. The summed E-state index contributed by atoms with van der Waals surface area (Å²) in [6.07, 6.45) is 0. The number of benzene rings is 13. The molecule has 5 heteroatoms. The van der Waals surface area contributed by atoms with Crippen LogP contribution in [0.1, 0.15) is 29.1 Å². The predicted octanol–water partition coefficient (Wildman–Crippen LogP) is 20.9. The quantitative estimate of drug-likeness (QED) is 0.142. The van der Waals surface area contributed by atoms with E-state index < -0.39 is 0 Å². The van der Waals surface area contributed by atoms with Crippen LogP contribution in [0.25, 0.3) is 111 Å². The van der Waals surface area contributed by atoms with Crippen molar-refractivity contribution < 1.29 is 11.6 Å². The predicted molar refractivity (Wildman–Crippen MR) is 366 cm³/mol. The molecule has 0 aliphatic carbocycles. The summed E-state index contributed by atoms with van der Waals surface area (Å²) in [5.41, 5.74) is 25.6. The molecule has 2 aliphatic rings. The van der Waals surface area contributed by atoms with E-state index in [9.17, 15) is 2.74 Å². The molecule has 4 nitrogen and oxygen atoms in total. The third kappa shape index (κ3) is 8.07. The van der Waals surface area contributed by atoms with Gasteiger partial charge in [-0.15, -0.1) is 0 Å². The van der Waals surface area contributed by atoms with Crippen molar-refractivity contribution in [3.8, 4) is 66.8 Å². The van der Waals surface area contributed by atoms with Gasteiger partial charge in [-0.05, 0) is 97.1 Å². The van der Waals surface area contributed by atoms with E-state index in [1.807, 2.05) is 36.4 Å². The maximum Gasteiger partial charge on any atom is 0.252 e. The number of furan rings is 2. The molecule has 0 spiro atoms. The van der Waals surface area contributed by atoms with Gasteiger partial charge in [0, 0.05) is 77.7 Å². The summed E-state index contributed by atoms with van der Waals surface area (Å²) in [4.78, 5) is 5.09. The standard InChI is InChI=1S/C82H57BN2O2/c1-82(2,3)58-50-73-77-74(51-58)85(79-61(54-28-12-6-13-29-54)36-21-37-62(79)55-30-14-7-15-31-55)72-47-45-57(64-39-23-41-68-66-33-17-19-43-76(66)87-81(64)68)49-70(72)83(77)69-48-56(63-38-22-40-67-65-32-16-18-42-75(65)86-80(63)67)44-46-71(69)84(73)78-59(52-24-8-4-9-25-52)34-20-35-60(78)53-26-10-5-11-27-53/h4-51H,1-3H3/i20D,21D. The number of hydrogen-bond acceptors (Lipinski definition) is 4. The summed E-state index contributed by atoms with van der Waals surface area (Å²) in [5.74, 6) is 0. The number of rotatable bonds is 8. The third-order valence-electron chi connectivity index (χ3n) is 18.1. The molecule has 410 valence electrons. The minimum atomic E-state index is -0.345. The lowest BCUT2D eigenvalue weighted by molar-refractivity contribution is 0.590. The SMILES string of the molecule is [2H]c1cc(-c2ccccc2)c(N2c3ccc(-c4cccc5c4oc4ccccc45)cc3B3c4cc(-c5cccc6c5oc5ccccc56)ccc4N(c4c(-c5ccccc5)cc([2H])cc4-c4ccccc4)c4cc(C(C)(C)C)cc2c43)c(-c2ccccc2)c1. The molecular weight excluding hydrogens is 1060 g/mol. The number of hydrogen-bond donors (Lipinski definition) is 0. The average molecular weight is 1120 g/mol. The van der Waals surface area contributed by atoms with Crippen LogP contribution < -0.4 is 26.2 Å². The van der Waals surface area contributed by atoms with Crippen LogP contribution in [0.3, 0.4) is 0 Å². The van der Waals surface area contributed by atoms with Gasteiger partial charge in [0.2, 0.25) is 0 Å². The van der Waals surface area contributed by atoms with E-state index in [0.717, 1.165) is 167 Å². The minimum Gasteiger partial charge on any atom is -0.455 e. The second kappa shape index (κ2) is 19.9. The molecule has 0 amide bonds. The fourth-order valence-corrected chi connectivity index (χ4v) is 14.0. The number of nitrogens with zero attached hydrogens (tertiary/aromatic N) is 2. The van der Waals surface area contributed by atoms with Gasteiger partial charge >= 0.3 is 0 Å². The molecule has 0 fully saturated rings. The zero-order valence-electron chi connectivity index (χ0n) is 50.3. The summed E-state index contributed by atoms with van der Waals surface area (Å²) in [6, 6.07) is 100.